The number of halogens is 3. The van der Waals surface area contributed by atoms with Gasteiger partial charge in [0.1, 0.15) is 0 Å². The van der Waals surface area contributed by atoms with Crippen molar-refractivity contribution >= 4 is 41.5 Å². The van der Waals surface area contributed by atoms with E-state index in [0.29, 0.717) is 16.6 Å². The van der Waals surface area contributed by atoms with Crippen LogP contribution in [0.15, 0.2) is 18.2 Å². The average molecular weight is 312 g/mol. The molecule has 1 aromatic rings. The van der Waals surface area contributed by atoms with E-state index in [1.807, 2.05) is 13.8 Å². The molecule has 0 unspecified atom stereocenters. The van der Waals surface area contributed by atoms with Crippen LogP contribution in [-0.2, 0) is 11.2 Å². The average Bonchev–Trinajstić information content (AvgIpc) is 2.20. The zero-order chi connectivity index (χ0) is 13.1. The summed E-state index contributed by atoms with van der Waals surface area (Å²) in [6.45, 7) is 4.14. The van der Waals surface area contributed by atoms with Crippen LogP contribution in [0.3, 0.4) is 0 Å². The van der Waals surface area contributed by atoms with Crippen molar-refractivity contribution in [1.82, 2.24) is 5.32 Å². The number of nitrogens with two attached hydrogens (primary N) is 1. The molecule has 18 heavy (non-hydrogen) atoms. The Morgan fingerprint density at radius 3 is 2.44 bits per heavy atom. The maximum Gasteiger partial charge on any atom is 0.224 e. The molecule has 0 heterocycles. The Morgan fingerprint density at radius 2 is 1.94 bits per heavy atom. The van der Waals surface area contributed by atoms with Crippen molar-refractivity contribution in [2.24, 2.45) is 5.73 Å². The zero-order valence-corrected chi connectivity index (χ0v) is 12.6. The van der Waals surface area contributed by atoms with Crippen LogP contribution in [0, 0.1) is 0 Å². The monoisotopic (exact) mass is 310 g/mol. The van der Waals surface area contributed by atoms with Gasteiger partial charge in [0.25, 0.3) is 0 Å². The Morgan fingerprint density at radius 1 is 1.33 bits per heavy atom. The van der Waals surface area contributed by atoms with Crippen LogP contribution in [0.1, 0.15) is 19.4 Å². The van der Waals surface area contributed by atoms with E-state index >= 15 is 0 Å². The van der Waals surface area contributed by atoms with Gasteiger partial charge < -0.3 is 11.1 Å². The highest BCUT2D eigenvalue weighted by molar-refractivity contribution is 6.42. The third kappa shape index (κ3) is 6.45. The maximum atomic E-state index is 11.6. The molecular weight excluding hydrogens is 295 g/mol. The Hall–Kier alpha value is -0.480. The summed E-state index contributed by atoms with van der Waals surface area (Å²) in [6.07, 6.45) is 0.271. The molecule has 0 aliphatic heterocycles. The molecule has 0 spiro atoms. The molecule has 0 bridgehead atoms. The molecule has 3 N–H and O–H groups in total. The summed E-state index contributed by atoms with van der Waals surface area (Å²) in [7, 11) is 0. The minimum Gasteiger partial charge on any atom is -0.354 e. The van der Waals surface area contributed by atoms with E-state index in [9.17, 15) is 4.79 Å². The van der Waals surface area contributed by atoms with Crippen LogP contribution >= 0.6 is 35.6 Å². The molecule has 0 aliphatic carbocycles. The van der Waals surface area contributed by atoms with E-state index in [0.717, 1.165) is 5.56 Å². The lowest BCUT2D eigenvalue weighted by atomic mass is 10.1. The van der Waals surface area contributed by atoms with Gasteiger partial charge in [0, 0.05) is 12.1 Å². The molecule has 0 atom stereocenters. The first-order chi connectivity index (χ1) is 7.78. The van der Waals surface area contributed by atoms with Crippen molar-refractivity contribution < 1.29 is 4.79 Å². The fraction of sp³-hybridized carbons (Fsp3) is 0.417. The van der Waals surface area contributed by atoms with Crippen LogP contribution in [0.25, 0.3) is 0 Å². The van der Waals surface area contributed by atoms with Gasteiger partial charge in [0.05, 0.1) is 16.5 Å². The predicted octanol–water partition coefficient (Wildman–Crippen LogP) is 2.81. The van der Waals surface area contributed by atoms with E-state index in [1.54, 1.807) is 18.2 Å². The standard InChI is InChI=1S/C12H16Cl2N2O.ClH/c1-12(2,15)7-16-11(17)6-8-3-4-9(13)10(14)5-8;/h3-5H,6-7,15H2,1-2H3,(H,16,17);1H. The third-order valence-electron chi connectivity index (χ3n) is 2.09. The number of amides is 1. The molecule has 1 rings (SSSR count). The second kappa shape index (κ2) is 7.19. The molecule has 3 nitrogen and oxygen atoms in total. The number of hydrogen-bond donors (Lipinski definition) is 2. The molecule has 1 aromatic carbocycles. The van der Waals surface area contributed by atoms with Crippen molar-refractivity contribution in [3.63, 3.8) is 0 Å². The van der Waals surface area contributed by atoms with E-state index < -0.39 is 5.54 Å². The normalized spacial score (nSPS) is 10.7. The summed E-state index contributed by atoms with van der Waals surface area (Å²) in [5, 5.41) is 3.71. The van der Waals surface area contributed by atoms with Gasteiger partial charge in [-0.05, 0) is 31.5 Å². The maximum absolute atomic E-state index is 11.6. The van der Waals surface area contributed by atoms with Gasteiger partial charge >= 0.3 is 0 Å². The highest BCUT2D eigenvalue weighted by atomic mass is 35.5. The van der Waals surface area contributed by atoms with Gasteiger partial charge in [0.2, 0.25) is 5.91 Å². The quantitative estimate of drug-likeness (QED) is 0.898. The second-order valence-electron chi connectivity index (χ2n) is 4.69. The number of rotatable bonds is 4. The first-order valence-corrected chi connectivity index (χ1v) is 6.03. The molecular formula is C12H17Cl3N2O. The fourth-order valence-electron chi connectivity index (χ4n) is 1.22. The Balaban J connectivity index is 0.00000289. The number of carbonyl (C=O) groups excluding carboxylic acids is 1. The van der Waals surface area contributed by atoms with Gasteiger partial charge in [-0.15, -0.1) is 12.4 Å². The number of hydrogen-bond acceptors (Lipinski definition) is 2. The van der Waals surface area contributed by atoms with Crippen molar-refractivity contribution in [2.75, 3.05) is 6.54 Å². The minimum absolute atomic E-state index is 0. The van der Waals surface area contributed by atoms with Gasteiger partial charge in [-0.25, -0.2) is 0 Å². The summed E-state index contributed by atoms with van der Waals surface area (Å²) in [6, 6.07) is 5.15. The molecule has 0 aliphatic rings. The van der Waals surface area contributed by atoms with E-state index in [-0.39, 0.29) is 24.7 Å². The van der Waals surface area contributed by atoms with Crippen LogP contribution in [0.2, 0.25) is 10.0 Å². The minimum atomic E-state index is -0.409. The highest BCUT2D eigenvalue weighted by Gasteiger charge is 2.12. The fourth-order valence-corrected chi connectivity index (χ4v) is 1.54. The molecule has 0 radical (unpaired) electrons. The summed E-state index contributed by atoms with van der Waals surface area (Å²) in [4.78, 5) is 11.6. The van der Waals surface area contributed by atoms with Crippen LogP contribution in [-0.4, -0.2) is 18.0 Å². The first-order valence-electron chi connectivity index (χ1n) is 5.27. The Kier molecular flexibility index (Phi) is 7.00. The van der Waals surface area contributed by atoms with Gasteiger partial charge in [-0.3, -0.25) is 4.79 Å². The molecule has 0 fully saturated rings. The van der Waals surface area contributed by atoms with Crippen molar-refractivity contribution in [2.45, 2.75) is 25.8 Å². The van der Waals surface area contributed by atoms with E-state index in [4.69, 9.17) is 28.9 Å². The Labute approximate surface area is 123 Å². The zero-order valence-electron chi connectivity index (χ0n) is 10.3. The summed E-state index contributed by atoms with van der Waals surface area (Å²) >= 11 is 11.7. The number of nitrogens with one attached hydrogen (secondary N) is 1. The van der Waals surface area contributed by atoms with Gasteiger partial charge in [-0.1, -0.05) is 29.3 Å². The lowest BCUT2D eigenvalue weighted by molar-refractivity contribution is -0.120. The summed E-state index contributed by atoms with van der Waals surface area (Å²) < 4.78 is 0. The molecule has 0 aromatic heterocycles. The molecule has 0 saturated carbocycles. The summed E-state index contributed by atoms with van der Waals surface area (Å²) in [5.41, 5.74) is 6.18. The van der Waals surface area contributed by atoms with Crippen LogP contribution in [0.4, 0.5) is 0 Å². The molecule has 102 valence electrons. The lowest BCUT2D eigenvalue weighted by Gasteiger charge is -2.18. The van der Waals surface area contributed by atoms with Gasteiger partial charge in [0.15, 0.2) is 0 Å². The van der Waals surface area contributed by atoms with Crippen LogP contribution < -0.4 is 11.1 Å². The smallest absolute Gasteiger partial charge is 0.224 e. The lowest BCUT2D eigenvalue weighted by Crippen LogP contribution is -2.45. The van der Waals surface area contributed by atoms with Crippen molar-refractivity contribution in [1.29, 1.82) is 0 Å². The van der Waals surface area contributed by atoms with Gasteiger partial charge in [-0.2, -0.15) is 0 Å². The topological polar surface area (TPSA) is 55.1 Å². The summed E-state index contributed by atoms with van der Waals surface area (Å²) in [5.74, 6) is -0.0816. The highest BCUT2D eigenvalue weighted by Crippen LogP contribution is 2.22. The number of benzene rings is 1. The molecule has 1 amide bonds. The number of carbonyl (C=O) groups is 1. The second-order valence-corrected chi connectivity index (χ2v) is 5.50. The largest absolute Gasteiger partial charge is 0.354 e. The van der Waals surface area contributed by atoms with Crippen LogP contribution in [0.5, 0.6) is 0 Å². The van der Waals surface area contributed by atoms with E-state index in [2.05, 4.69) is 5.32 Å². The predicted molar refractivity (Wildman–Crippen MR) is 78.7 cm³/mol. The first kappa shape index (κ1) is 17.5. The SMILES string of the molecule is CC(C)(N)CNC(=O)Cc1ccc(Cl)c(Cl)c1.Cl. The molecule has 0 saturated heterocycles. The van der Waals surface area contributed by atoms with Crippen molar-refractivity contribution in [3.8, 4) is 0 Å². The van der Waals surface area contributed by atoms with Crippen molar-refractivity contribution in [3.05, 3.63) is 33.8 Å². The molecule has 6 heteroatoms. The third-order valence-corrected chi connectivity index (χ3v) is 2.83. The van der Waals surface area contributed by atoms with E-state index in [1.165, 1.54) is 0 Å². The Bertz CT molecular complexity index is 416.